The Morgan fingerprint density at radius 2 is 2.05 bits per heavy atom. The highest BCUT2D eigenvalue weighted by molar-refractivity contribution is 5.54. The number of ether oxygens (including phenoxy) is 1. The van der Waals surface area contributed by atoms with E-state index in [2.05, 4.69) is 22.2 Å². The van der Waals surface area contributed by atoms with Crippen molar-refractivity contribution < 1.29 is 4.74 Å². The summed E-state index contributed by atoms with van der Waals surface area (Å²) in [5.74, 6) is 1.27. The van der Waals surface area contributed by atoms with Crippen LogP contribution in [0.1, 0.15) is 19.0 Å². The fraction of sp³-hybridized carbons (Fsp3) is 0.286. The van der Waals surface area contributed by atoms with Gasteiger partial charge in [0.2, 0.25) is 5.95 Å². The molecule has 0 fully saturated rings. The third kappa shape index (κ3) is 3.84. The molecule has 1 aromatic heterocycles. The quantitative estimate of drug-likeness (QED) is 0.866. The van der Waals surface area contributed by atoms with Crippen LogP contribution in [0.15, 0.2) is 35.1 Å². The smallest absolute Gasteiger partial charge is 0.252 e. The van der Waals surface area contributed by atoms with Crippen LogP contribution in [0.25, 0.3) is 0 Å². The molecule has 5 nitrogen and oxygen atoms in total. The summed E-state index contributed by atoms with van der Waals surface area (Å²) < 4.78 is 5.50. The first-order valence-corrected chi connectivity index (χ1v) is 6.25. The minimum absolute atomic E-state index is 0.169. The fourth-order valence-electron chi connectivity index (χ4n) is 1.63. The number of anilines is 2. The Labute approximate surface area is 111 Å². The first-order valence-electron chi connectivity index (χ1n) is 6.25. The third-order valence-corrected chi connectivity index (χ3v) is 2.46. The minimum atomic E-state index is -0.169. The standard InChI is InChI=1S/C14H17N3O2/c1-3-8-19-12-6-4-11(5-7-12)16-14-15-10(2)9-13(18)17-14/h4-7,9H,3,8H2,1-2H3,(H2,15,16,17,18). The van der Waals surface area contributed by atoms with Crippen LogP contribution in [0, 0.1) is 6.92 Å². The topological polar surface area (TPSA) is 67.0 Å². The number of aromatic amines is 1. The third-order valence-electron chi connectivity index (χ3n) is 2.46. The maximum atomic E-state index is 11.3. The van der Waals surface area contributed by atoms with Crippen molar-refractivity contribution in [2.75, 3.05) is 11.9 Å². The number of nitrogens with one attached hydrogen (secondary N) is 2. The molecule has 0 saturated heterocycles. The summed E-state index contributed by atoms with van der Waals surface area (Å²) >= 11 is 0. The molecule has 0 unspecified atom stereocenters. The number of hydrogen-bond donors (Lipinski definition) is 2. The predicted octanol–water partition coefficient (Wildman–Crippen LogP) is 2.61. The lowest BCUT2D eigenvalue weighted by Gasteiger charge is -2.08. The molecular weight excluding hydrogens is 242 g/mol. The Hall–Kier alpha value is -2.30. The molecule has 1 aromatic carbocycles. The van der Waals surface area contributed by atoms with Crippen LogP contribution in [0.4, 0.5) is 11.6 Å². The zero-order valence-corrected chi connectivity index (χ0v) is 11.1. The summed E-state index contributed by atoms with van der Waals surface area (Å²) in [6.45, 7) is 4.55. The first kappa shape index (κ1) is 13.1. The van der Waals surface area contributed by atoms with Gasteiger partial charge < -0.3 is 10.1 Å². The number of H-pyrrole nitrogens is 1. The van der Waals surface area contributed by atoms with E-state index in [1.807, 2.05) is 24.3 Å². The molecule has 100 valence electrons. The molecule has 2 aromatic rings. The van der Waals surface area contributed by atoms with E-state index < -0.39 is 0 Å². The second kappa shape index (κ2) is 6.04. The lowest BCUT2D eigenvalue weighted by molar-refractivity contribution is 0.317. The maximum absolute atomic E-state index is 11.3. The van der Waals surface area contributed by atoms with Crippen molar-refractivity contribution in [3.8, 4) is 5.75 Å². The lowest BCUT2D eigenvalue weighted by Crippen LogP contribution is -2.10. The number of aryl methyl sites for hydroxylation is 1. The van der Waals surface area contributed by atoms with Crippen LogP contribution in [0.3, 0.4) is 0 Å². The number of hydrogen-bond acceptors (Lipinski definition) is 4. The molecule has 0 radical (unpaired) electrons. The zero-order chi connectivity index (χ0) is 13.7. The van der Waals surface area contributed by atoms with Gasteiger partial charge in [-0.25, -0.2) is 4.98 Å². The second-order valence-corrected chi connectivity index (χ2v) is 4.23. The molecule has 2 N–H and O–H groups in total. The second-order valence-electron chi connectivity index (χ2n) is 4.23. The molecule has 19 heavy (non-hydrogen) atoms. The highest BCUT2D eigenvalue weighted by Gasteiger charge is 1.99. The van der Waals surface area contributed by atoms with E-state index in [1.165, 1.54) is 6.07 Å². The highest BCUT2D eigenvalue weighted by Crippen LogP contribution is 2.17. The molecule has 0 bridgehead atoms. The molecule has 1 heterocycles. The van der Waals surface area contributed by atoms with E-state index >= 15 is 0 Å². The fourth-order valence-corrected chi connectivity index (χ4v) is 1.63. The normalized spacial score (nSPS) is 10.2. The van der Waals surface area contributed by atoms with E-state index in [9.17, 15) is 4.79 Å². The number of benzene rings is 1. The van der Waals surface area contributed by atoms with Gasteiger partial charge in [0.1, 0.15) is 5.75 Å². The maximum Gasteiger partial charge on any atom is 0.252 e. The number of aromatic nitrogens is 2. The van der Waals surface area contributed by atoms with E-state index in [0.29, 0.717) is 18.2 Å². The summed E-state index contributed by atoms with van der Waals surface area (Å²) in [7, 11) is 0. The molecule has 0 atom stereocenters. The Morgan fingerprint density at radius 1 is 1.32 bits per heavy atom. The predicted molar refractivity (Wildman–Crippen MR) is 75.1 cm³/mol. The van der Waals surface area contributed by atoms with Gasteiger partial charge in [0.05, 0.1) is 6.61 Å². The van der Waals surface area contributed by atoms with E-state index in [1.54, 1.807) is 6.92 Å². The lowest BCUT2D eigenvalue weighted by atomic mass is 10.3. The van der Waals surface area contributed by atoms with Gasteiger partial charge in [-0.05, 0) is 37.6 Å². The molecule has 0 aliphatic carbocycles. The Morgan fingerprint density at radius 3 is 2.68 bits per heavy atom. The summed E-state index contributed by atoms with van der Waals surface area (Å²) in [4.78, 5) is 18.2. The van der Waals surface area contributed by atoms with Crippen molar-refractivity contribution in [2.45, 2.75) is 20.3 Å². The van der Waals surface area contributed by atoms with Gasteiger partial charge >= 0.3 is 0 Å². The number of rotatable bonds is 5. The molecule has 2 rings (SSSR count). The molecular formula is C14H17N3O2. The van der Waals surface area contributed by atoms with Crippen LogP contribution >= 0.6 is 0 Å². The van der Waals surface area contributed by atoms with Gasteiger partial charge in [-0.15, -0.1) is 0 Å². The van der Waals surface area contributed by atoms with Crippen LogP contribution in [0.5, 0.6) is 5.75 Å². The van der Waals surface area contributed by atoms with Gasteiger partial charge in [-0.1, -0.05) is 6.92 Å². The van der Waals surface area contributed by atoms with Crippen molar-refractivity contribution in [1.82, 2.24) is 9.97 Å². The van der Waals surface area contributed by atoms with Crippen LogP contribution in [-0.2, 0) is 0 Å². The first-order chi connectivity index (χ1) is 9.17. The van der Waals surface area contributed by atoms with E-state index in [4.69, 9.17) is 4.74 Å². The largest absolute Gasteiger partial charge is 0.494 e. The van der Waals surface area contributed by atoms with Crippen LogP contribution in [-0.4, -0.2) is 16.6 Å². The summed E-state index contributed by atoms with van der Waals surface area (Å²) in [6, 6.07) is 8.98. The molecule has 0 aliphatic heterocycles. The molecule has 0 amide bonds. The molecule has 5 heteroatoms. The van der Waals surface area contributed by atoms with E-state index in [0.717, 1.165) is 17.9 Å². The van der Waals surface area contributed by atoms with Crippen molar-refractivity contribution in [1.29, 1.82) is 0 Å². The summed E-state index contributed by atoms with van der Waals surface area (Å²) in [5.41, 5.74) is 1.35. The van der Waals surface area contributed by atoms with Crippen molar-refractivity contribution in [2.24, 2.45) is 0 Å². The Kier molecular flexibility index (Phi) is 4.18. The average Bonchev–Trinajstić information content (AvgIpc) is 2.37. The van der Waals surface area contributed by atoms with Crippen molar-refractivity contribution >= 4 is 11.6 Å². The van der Waals surface area contributed by atoms with Crippen molar-refractivity contribution in [3.05, 3.63) is 46.4 Å². The van der Waals surface area contributed by atoms with Crippen LogP contribution in [0.2, 0.25) is 0 Å². The molecule has 0 spiro atoms. The number of nitrogens with zero attached hydrogens (tertiary/aromatic N) is 1. The van der Waals surface area contributed by atoms with Gasteiger partial charge in [0.25, 0.3) is 5.56 Å². The molecule has 0 aliphatic rings. The van der Waals surface area contributed by atoms with Gasteiger partial charge in [-0.3, -0.25) is 9.78 Å². The highest BCUT2D eigenvalue weighted by atomic mass is 16.5. The van der Waals surface area contributed by atoms with Gasteiger partial charge in [0.15, 0.2) is 0 Å². The Balaban J connectivity index is 2.08. The Bertz CT molecular complexity index is 590. The minimum Gasteiger partial charge on any atom is -0.494 e. The van der Waals surface area contributed by atoms with Crippen LogP contribution < -0.4 is 15.6 Å². The van der Waals surface area contributed by atoms with Gasteiger partial charge in [0, 0.05) is 17.4 Å². The van der Waals surface area contributed by atoms with Gasteiger partial charge in [-0.2, -0.15) is 0 Å². The monoisotopic (exact) mass is 259 g/mol. The van der Waals surface area contributed by atoms with Crippen molar-refractivity contribution in [3.63, 3.8) is 0 Å². The SMILES string of the molecule is CCCOc1ccc(Nc2nc(C)cc(=O)[nH]2)cc1. The summed E-state index contributed by atoms with van der Waals surface area (Å²) in [6.07, 6.45) is 0.981. The molecule has 0 saturated carbocycles. The zero-order valence-electron chi connectivity index (χ0n) is 11.1. The summed E-state index contributed by atoms with van der Waals surface area (Å²) in [5, 5.41) is 3.05. The van der Waals surface area contributed by atoms with E-state index in [-0.39, 0.29) is 5.56 Å². The average molecular weight is 259 g/mol.